The SMILES string of the molecule is Cc1ccc2c(c1)nc(CCl)n2CC(C)c1ccccc1. The maximum absolute atomic E-state index is 6.09. The molecule has 0 aliphatic heterocycles. The molecule has 2 nitrogen and oxygen atoms in total. The molecule has 108 valence electrons. The van der Waals surface area contributed by atoms with Gasteiger partial charge in [0, 0.05) is 6.54 Å². The summed E-state index contributed by atoms with van der Waals surface area (Å²) in [5.74, 6) is 1.81. The van der Waals surface area contributed by atoms with Crippen molar-refractivity contribution in [1.82, 2.24) is 9.55 Å². The number of alkyl halides is 1. The highest BCUT2D eigenvalue weighted by Crippen LogP contribution is 2.24. The molecule has 0 spiro atoms. The fraction of sp³-hybridized carbons (Fsp3) is 0.278. The van der Waals surface area contributed by atoms with Crippen LogP contribution in [-0.4, -0.2) is 9.55 Å². The molecule has 3 aromatic rings. The average molecular weight is 299 g/mol. The number of fused-ring (bicyclic) bond motifs is 1. The molecule has 1 atom stereocenters. The number of halogens is 1. The number of aryl methyl sites for hydroxylation is 1. The summed E-state index contributed by atoms with van der Waals surface area (Å²) in [7, 11) is 0. The summed E-state index contributed by atoms with van der Waals surface area (Å²) in [4.78, 5) is 4.67. The van der Waals surface area contributed by atoms with Crippen molar-refractivity contribution in [2.24, 2.45) is 0 Å². The zero-order chi connectivity index (χ0) is 14.8. The second-order valence-electron chi connectivity index (χ2n) is 5.58. The normalized spacial score (nSPS) is 12.7. The Balaban J connectivity index is 1.99. The van der Waals surface area contributed by atoms with E-state index in [4.69, 9.17) is 11.6 Å². The largest absolute Gasteiger partial charge is 0.326 e. The van der Waals surface area contributed by atoms with Gasteiger partial charge in [-0.05, 0) is 36.1 Å². The minimum atomic E-state index is 0.423. The highest BCUT2D eigenvalue weighted by atomic mass is 35.5. The third kappa shape index (κ3) is 2.81. The molecular formula is C18H19ClN2. The lowest BCUT2D eigenvalue weighted by Crippen LogP contribution is -2.09. The summed E-state index contributed by atoms with van der Waals surface area (Å²) in [5, 5.41) is 0. The number of nitrogens with zero attached hydrogens (tertiary/aromatic N) is 2. The number of aromatic nitrogens is 2. The highest BCUT2D eigenvalue weighted by Gasteiger charge is 2.13. The third-order valence-corrected chi connectivity index (χ3v) is 4.17. The molecule has 0 amide bonds. The molecule has 21 heavy (non-hydrogen) atoms. The number of imidazole rings is 1. The molecule has 1 heterocycles. The summed E-state index contributed by atoms with van der Waals surface area (Å²) in [6.45, 7) is 5.23. The lowest BCUT2D eigenvalue weighted by atomic mass is 10.0. The molecule has 2 aromatic carbocycles. The van der Waals surface area contributed by atoms with Crippen LogP contribution in [0.25, 0.3) is 11.0 Å². The molecule has 3 heteroatoms. The van der Waals surface area contributed by atoms with Gasteiger partial charge in [0.05, 0.1) is 16.9 Å². The highest BCUT2D eigenvalue weighted by molar-refractivity contribution is 6.16. The lowest BCUT2D eigenvalue weighted by molar-refractivity contribution is 0.595. The minimum absolute atomic E-state index is 0.423. The molecule has 0 aliphatic rings. The van der Waals surface area contributed by atoms with Gasteiger partial charge in [0.2, 0.25) is 0 Å². The Morgan fingerprint density at radius 1 is 1.14 bits per heavy atom. The summed E-state index contributed by atoms with van der Waals surface area (Å²) >= 11 is 6.09. The fourth-order valence-electron chi connectivity index (χ4n) is 2.76. The maximum Gasteiger partial charge on any atom is 0.124 e. The zero-order valence-electron chi connectivity index (χ0n) is 12.4. The molecule has 0 fully saturated rings. The predicted octanol–water partition coefficient (Wildman–Crippen LogP) is 4.89. The molecule has 0 aliphatic carbocycles. The van der Waals surface area contributed by atoms with Crippen molar-refractivity contribution < 1.29 is 0 Å². The van der Waals surface area contributed by atoms with Crippen molar-refractivity contribution in [1.29, 1.82) is 0 Å². The van der Waals surface area contributed by atoms with E-state index in [1.807, 2.05) is 0 Å². The zero-order valence-corrected chi connectivity index (χ0v) is 13.1. The van der Waals surface area contributed by atoms with Gasteiger partial charge < -0.3 is 4.57 Å². The Kier molecular flexibility index (Phi) is 3.98. The molecule has 0 bridgehead atoms. The van der Waals surface area contributed by atoms with Gasteiger partial charge >= 0.3 is 0 Å². The average Bonchev–Trinajstić information content (AvgIpc) is 2.85. The Morgan fingerprint density at radius 2 is 1.90 bits per heavy atom. The first kappa shape index (κ1) is 14.2. The number of hydrogen-bond acceptors (Lipinski definition) is 1. The third-order valence-electron chi connectivity index (χ3n) is 3.93. The standard InChI is InChI=1S/C18H19ClN2/c1-13-8-9-17-16(10-13)20-18(11-19)21(17)12-14(2)15-6-4-3-5-7-15/h3-10,14H,11-12H2,1-2H3. The van der Waals surface area contributed by atoms with Crippen LogP contribution in [0.4, 0.5) is 0 Å². The molecule has 3 rings (SSSR count). The van der Waals surface area contributed by atoms with E-state index in [0.717, 1.165) is 17.9 Å². The van der Waals surface area contributed by atoms with Gasteiger partial charge in [0.15, 0.2) is 0 Å². The molecule has 0 N–H and O–H groups in total. The van der Waals surface area contributed by atoms with E-state index in [9.17, 15) is 0 Å². The summed E-state index contributed by atoms with van der Waals surface area (Å²) in [6.07, 6.45) is 0. The van der Waals surface area contributed by atoms with Crippen LogP contribution in [0.2, 0.25) is 0 Å². The van der Waals surface area contributed by atoms with Crippen molar-refractivity contribution in [3.63, 3.8) is 0 Å². The van der Waals surface area contributed by atoms with Gasteiger partial charge in [-0.2, -0.15) is 0 Å². The van der Waals surface area contributed by atoms with E-state index >= 15 is 0 Å². The van der Waals surface area contributed by atoms with Gasteiger partial charge in [-0.1, -0.05) is 43.3 Å². The minimum Gasteiger partial charge on any atom is -0.326 e. The van der Waals surface area contributed by atoms with Gasteiger partial charge in [0.1, 0.15) is 5.82 Å². The smallest absolute Gasteiger partial charge is 0.124 e. The van der Waals surface area contributed by atoms with Crippen molar-refractivity contribution >= 4 is 22.6 Å². The second kappa shape index (κ2) is 5.90. The second-order valence-corrected chi connectivity index (χ2v) is 5.84. The van der Waals surface area contributed by atoms with Crippen LogP contribution < -0.4 is 0 Å². The van der Waals surface area contributed by atoms with Crippen LogP contribution in [0.3, 0.4) is 0 Å². The van der Waals surface area contributed by atoms with Crippen LogP contribution in [0, 0.1) is 6.92 Å². The van der Waals surface area contributed by atoms with Crippen LogP contribution in [0.5, 0.6) is 0 Å². The van der Waals surface area contributed by atoms with E-state index in [2.05, 4.69) is 71.9 Å². The molecule has 1 aromatic heterocycles. The molecule has 0 saturated heterocycles. The monoisotopic (exact) mass is 298 g/mol. The number of benzene rings is 2. The first-order chi connectivity index (χ1) is 10.2. The van der Waals surface area contributed by atoms with Crippen LogP contribution in [0.15, 0.2) is 48.5 Å². The van der Waals surface area contributed by atoms with Gasteiger partial charge in [-0.3, -0.25) is 0 Å². The van der Waals surface area contributed by atoms with Crippen LogP contribution in [0.1, 0.15) is 29.8 Å². The van der Waals surface area contributed by atoms with Crippen molar-refractivity contribution in [2.45, 2.75) is 32.2 Å². The van der Waals surface area contributed by atoms with Gasteiger partial charge in [0.25, 0.3) is 0 Å². The van der Waals surface area contributed by atoms with Crippen molar-refractivity contribution in [3.05, 3.63) is 65.5 Å². The molecule has 1 unspecified atom stereocenters. The Hall–Kier alpha value is -1.80. The van der Waals surface area contributed by atoms with Crippen LogP contribution in [-0.2, 0) is 12.4 Å². The lowest BCUT2D eigenvalue weighted by Gasteiger charge is -2.15. The van der Waals surface area contributed by atoms with E-state index in [1.165, 1.54) is 16.6 Å². The molecular weight excluding hydrogens is 280 g/mol. The maximum atomic E-state index is 6.09. The molecule has 0 radical (unpaired) electrons. The fourth-order valence-corrected chi connectivity index (χ4v) is 2.96. The predicted molar refractivity (Wildman–Crippen MR) is 88.9 cm³/mol. The van der Waals surface area contributed by atoms with Gasteiger partial charge in [-0.25, -0.2) is 4.98 Å². The molecule has 0 saturated carbocycles. The quantitative estimate of drug-likeness (QED) is 0.627. The van der Waals surface area contributed by atoms with E-state index in [-0.39, 0.29) is 0 Å². The first-order valence-electron chi connectivity index (χ1n) is 7.25. The van der Waals surface area contributed by atoms with E-state index in [0.29, 0.717) is 11.8 Å². The summed E-state index contributed by atoms with van der Waals surface area (Å²) in [5.41, 5.74) is 4.77. The van der Waals surface area contributed by atoms with E-state index < -0.39 is 0 Å². The number of hydrogen-bond donors (Lipinski definition) is 0. The summed E-state index contributed by atoms with van der Waals surface area (Å²) < 4.78 is 2.25. The van der Waals surface area contributed by atoms with E-state index in [1.54, 1.807) is 0 Å². The Morgan fingerprint density at radius 3 is 2.62 bits per heavy atom. The Labute approximate surface area is 130 Å². The van der Waals surface area contributed by atoms with Crippen molar-refractivity contribution in [3.8, 4) is 0 Å². The Bertz CT molecular complexity index is 747. The first-order valence-corrected chi connectivity index (χ1v) is 7.79. The van der Waals surface area contributed by atoms with Crippen molar-refractivity contribution in [2.75, 3.05) is 0 Å². The van der Waals surface area contributed by atoms with Gasteiger partial charge in [-0.15, -0.1) is 11.6 Å². The topological polar surface area (TPSA) is 17.8 Å². The number of rotatable bonds is 4. The summed E-state index contributed by atoms with van der Waals surface area (Å²) in [6, 6.07) is 17.0. The van der Waals surface area contributed by atoms with Crippen LogP contribution >= 0.6 is 11.6 Å².